The second kappa shape index (κ2) is 8.87. The maximum atomic E-state index is 12.7. The van der Waals surface area contributed by atoms with Crippen molar-refractivity contribution >= 4 is 16.7 Å². The van der Waals surface area contributed by atoms with Crippen LogP contribution in [0.3, 0.4) is 0 Å². The zero-order valence-corrected chi connectivity index (χ0v) is 17.3. The number of hydrogen-bond acceptors (Lipinski definition) is 4. The summed E-state index contributed by atoms with van der Waals surface area (Å²) in [6.45, 7) is 5.76. The largest absolute Gasteiger partial charge is 0.472 e. The van der Waals surface area contributed by atoms with Crippen molar-refractivity contribution in [1.82, 2.24) is 9.58 Å². The average molecular weight is 394 g/mol. The number of carbonyl (C=O) groups excluding carboxylic acids is 1. The molecule has 0 aliphatic carbocycles. The van der Waals surface area contributed by atoms with E-state index in [1.165, 1.54) is 50.3 Å². The highest BCUT2D eigenvalue weighted by molar-refractivity contribution is 6.10. The predicted molar refractivity (Wildman–Crippen MR) is 117 cm³/mol. The Kier molecular flexibility index (Phi) is 6.05. The molecule has 4 rings (SSSR count). The maximum absolute atomic E-state index is 12.7. The molecule has 3 aromatic rings. The second-order valence-electron chi connectivity index (χ2n) is 8.24. The first-order valence-electron chi connectivity index (χ1n) is 10.9. The fourth-order valence-electron chi connectivity index (χ4n) is 4.54. The predicted octanol–water partition coefficient (Wildman–Crippen LogP) is 4.94. The van der Waals surface area contributed by atoms with E-state index < -0.39 is 0 Å². The van der Waals surface area contributed by atoms with Gasteiger partial charge in [-0.3, -0.25) is 9.47 Å². The number of aromatic nitrogens is 1. The highest BCUT2D eigenvalue weighted by Crippen LogP contribution is 2.34. The van der Waals surface area contributed by atoms with Crippen molar-refractivity contribution in [2.45, 2.75) is 51.4 Å². The zero-order valence-electron chi connectivity index (χ0n) is 17.3. The van der Waals surface area contributed by atoms with Crippen molar-refractivity contribution in [3.63, 3.8) is 0 Å². The number of hydrogen-bond donors (Lipinski definition) is 1. The summed E-state index contributed by atoms with van der Waals surface area (Å²) in [6.07, 6.45) is 12.6. The van der Waals surface area contributed by atoms with Crippen molar-refractivity contribution in [1.29, 1.82) is 0 Å². The molecular weight excluding hydrogens is 362 g/mol. The zero-order chi connectivity index (χ0) is 20.2. The van der Waals surface area contributed by atoms with Gasteiger partial charge in [0, 0.05) is 17.1 Å². The molecule has 5 heteroatoms. The van der Waals surface area contributed by atoms with E-state index >= 15 is 0 Å². The maximum Gasteiger partial charge on any atom is 0.196 e. The summed E-state index contributed by atoms with van der Waals surface area (Å²) in [4.78, 5) is 15.3. The smallest absolute Gasteiger partial charge is 0.196 e. The number of nitrogens with zero attached hydrogens (tertiary/aromatic N) is 2. The van der Waals surface area contributed by atoms with Gasteiger partial charge < -0.3 is 15.2 Å². The Balaban J connectivity index is 1.49. The van der Waals surface area contributed by atoms with Crippen LogP contribution in [0.25, 0.3) is 10.9 Å². The first-order chi connectivity index (χ1) is 14.2. The van der Waals surface area contributed by atoms with Gasteiger partial charge in [0.1, 0.15) is 6.26 Å². The minimum atomic E-state index is -0.0155. The van der Waals surface area contributed by atoms with Crippen LogP contribution < -0.4 is 5.84 Å². The van der Waals surface area contributed by atoms with E-state index in [1.807, 2.05) is 18.2 Å². The molecule has 5 nitrogen and oxygen atoms in total. The van der Waals surface area contributed by atoms with E-state index in [0.717, 1.165) is 36.8 Å². The third-order valence-electron chi connectivity index (χ3n) is 6.26. The van der Waals surface area contributed by atoms with E-state index in [0.29, 0.717) is 17.0 Å². The molecule has 1 saturated heterocycles. The normalized spacial score (nSPS) is 15.9. The molecule has 0 bridgehead atoms. The Morgan fingerprint density at radius 3 is 2.69 bits per heavy atom. The number of ketones is 1. The number of furan rings is 1. The highest BCUT2D eigenvalue weighted by atomic mass is 16.3. The molecule has 0 atom stereocenters. The summed E-state index contributed by atoms with van der Waals surface area (Å²) in [5.41, 5.74) is 3.51. The lowest BCUT2D eigenvalue weighted by molar-refractivity contribution is 0.103. The van der Waals surface area contributed by atoms with Gasteiger partial charge in [-0.2, -0.15) is 0 Å². The number of unbranched alkanes of at least 4 members (excludes halogenated alkanes) is 3. The van der Waals surface area contributed by atoms with Gasteiger partial charge in [0.25, 0.3) is 0 Å². The lowest BCUT2D eigenvalue weighted by Gasteiger charge is -2.32. The molecule has 0 saturated carbocycles. The second-order valence-corrected chi connectivity index (χ2v) is 8.24. The van der Waals surface area contributed by atoms with Crippen LogP contribution in [-0.4, -0.2) is 35.0 Å². The van der Waals surface area contributed by atoms with Gasteiger partial charge in [-0.25, -0.2) is 0 Å². The quantitative estimate of drug-likeness (QED) is 0.334. The Hall–Kier alpha value is -2.53. The number of rotatable bonds is 8. The van der Waals surface area contributed by atoms with Gasteiger partial charge in [-0.15, -0.1) is 0 Å². The summed E-state index contributed by atoms with van der Waals surface area (Å²) in [5.74, 6) is 6.71. The van der Waals surface area contributed by atoms with Crippen LogP contribution in [0.4, 0.5) is 0 Å². The summed E-state index contributed by atoms with van der Waals surface area (Å²) in [5, 5.41) is 1.10. The molecule has 1 aliphatic heterocycles. The molecule has 0 radical (unpaired) electrons. The van der Waals surface area contributed by atoms with E-state index in [9.17, 15) is 4.79 Å². The summed E-state index contributed by atoms with van der Waals surface area (Å²) >= 11 is 0. The molecule has 1 aliphatic rings. The van der Waals surface area contributed by atoms with Gasteiger partial charge >= 0.3 is 0 Å². The number of piperidine rings is 1. The summed E-state index contributed by atoms with van der Waals surface area (Å²) < 4.78 is 6.77. The number of nitrogen functional groups attached to an aromatic ring is 1. The fraction of sp³-hybridized carbons (Fsp3) is 0.458. The van der Waals surface area contributed by atoms with Gasteiger partial charge in [-0.05, 0) is 74.6 Å². The van der Waals surface area contributed by atoms with Gasteiger partial charge in [0.05, 0.1) is 17.3 Å². The summed E-state index contributed by atoms with van der Waals surface area (Å²) in [7, 11) is 0. The topological polar surface area (TPSA) is 64.4 Å². The lowest BCUT2D eigenvalue weighted by Crippen LogP contribution is -2.33. The van der Waals surface area contributed by atoms with E-state index in [4.69, 9.17) is 10.3 Å². The molecule has 1 aromatic carbocycles. The minimum Gasteiger partial charge on any atom is -0.472 e. The van der Waals surface area contributed by atoms with Crippen LogP contribution in [0.2, 0.25) is 0 Å². The van der Waals surface area contributed by atoms with Crippen LogP contribution in [0.5, 0.6) is 0 Å². The van der Waals surface area contributed by atoms with Crippen molar-refractivity contribution in [2.24, 2.45) is 0 Å². The van der Waals surface area contributed by atoms with Crippen molar-refractivity contribution in [3.05, 3.63) is 59.7 Å². The first-order valence-corrected chi connectivity index (χ1v) is 10.9. The van der Waals surface area contributed by atoms with Crippen LogP contribution in [0, 0.1) is 0 Å². The monoisotopic (exact) mass is 393 g/mol. The number of benzene rings is 1. The van der Waals surface area contributed by atoms with Gasteiger partial charge in [0.2, 0.25) is 0 Å². The Morgan fingerprint density at radius 1 is 1.14 bits per heavy atom. The highest BCUT2D eigenvalue weighted by Gasteiger charge is 2.24. The Labute approximate surface area is 172 Å². The Morgan fingerprint density at radius 2 is 1.97 bits per heavy atom. The third-order valence-corrected chi connectivity index (χ3v) is 6.26. The molecule has 0 unspecified atom stereocenters. The first kappa shape index (κ1) is 19.8. The molecule has 0 spiro atoms. The Bertz CT molecular complexity index is 950. The van der Waals surface area contributed by atoms with Crippen LogP contribution >= 0.6 is 0 Å². The molecule has 0 amide bonds. The lowest BCUT2D eigenvalue weighted by atomic mass is 9.88. The molecule has 29 heavy (non-hydrogen) atoms. The third kappa shape index (κ3) is 4.25. The van der Waals surface area contributed by atoms with E-state index in [1.54, 1.807) is 10.7 Å². The van der Waals surface area contributed by atoms with Crippen LogP contribution in [0.1, 0.15) is 72.9 Å². The van der Waals surface area contributed by atoms with Gasteiger partial charge in [-0.1, -0.05) is 26.2 Å². The standard InChI is InChI=1S/C24H31N3O2/c1-2-3-4-5-11-26-12-8-18(9-13-26)22-16-27(25)23-7-6-19(15-21(22)23)24(28)20-10-14-29-17-20/h6-7,10,14-18H,2-5,8-9,11-13,25H2,1H3. The van der Waals surface area contributed by atoms with Crippen LogP contribution in [-0.2, 0) is 0 Å². The molecule has 2 aromatic heterocycles. The number of carbonyl (C=O) groups is 1. The molecule has 1 fully saturated rings. The van der Waals surface area contributed by atoms with E-state index in [2.05, 4.69) is 18.0 Å². The van der Waals surface area contributed by atoms with Crippen molar-refractivity contribution in [2.75, 3.05) is 25.5 Å². The van der Waals surface area contributed by atoms with Crippen molar-refractivity contribution in [3.8, 4) is 0 Å². The summed E-state index contributed by atoms with van der Waals surface area (Å²) in [6, 6.07) is 7.51. The van der Waals surface area contributed by atoms with Crippen LogP contribution in [0.15, 0.2) is 47.4 Å². The number of likely N-dealkylation sites (tertiary alicyclic amines) is 1. The number of nitrogens with two attached hydrogens (primary N) is 1. The molecule has 154 valence electrons. The minimum absolute atomic E-state index is 0.0155. The van der Waals surface area contributed by atoms with E-state index in [-0.39, 0.29) is 5.78 Å². The SMILES string of the molecule is CCCCCCN1CCC(c2cn(N)c3ccc(C(=O)c4ccoc4)cc23)CC1. The average Bonchev–Trinajstić information content (AvgIpc) is 3.40. The molecule has 3 heterocycles. The van der Waals surface area contributed by atoms with Gasteiger partial charge in [0.15, 0.2) is 5.78 Å². The number of fused-ring (bicyclic) bond motifs is 1. The molecular formula is C24H31N3O2. The molecule has 2 N–H and O–H groups in total. The fourth-order valence-corrected chi connectivity index (χ4v) is 4.54. The van der Waals surface area contributed by atoms with Crippen molar-refractivity contribution < 1.29 is 9.21 Å².